The number of rotatable bonds is 19. The summed E-state index contributed by atoms with van der Waals surface area (Å²) in [5.74, 6) is -0.796. The fourth-order valence-corrected chi connectivity index (χ4v) is 2.96. The summed E-state index contributed by atoms with van der Waals surface area (Å²) in [7, 11) is 0. The van der Waals surface area contributed by atoms with E-state index < -0.39 is 12.1 Å². The molecule has 0 aromatic rings. The predicted molar refractivity (Wildman–Crippen MR) is 113 cm³/mol. The number of unbranched alkanes of at least 4 members (excludes halogenated alkanes) is 11. The van der Waals surface area contributed by atoms with Gasteiger partial charge in [0.15, 0.2) is 6.10 Å². The molecule has 0 unspecified atom stereocenters. The second-order valence-electron chi connectivity index (χ2n) is 7.43. The van der Waals surface area contributed by atoms with E-state index >= 15 is 0 Å². The van der Waals surface area contributed by atoms with Crippen molar-refractivity contribution in [3.8, 4) is 0 Å². The average molecular weight is 399 g/mol. The molecule has 5 heteroatoms. The molecule has 0 saturated heterocycles. The van der Waals surface area contributed by atoms with E-state index in [-0.39, 0.29) is 19.2 Å². The van der Waals surface area contributed by atoms with E-state index in [0.29, 0.717) is 6.42 Å². The fourth-order valence-electron chi connectivity index (χ4n) is 2.96. The molecule has 0 amide bonds. The Balaban J connectivity index is 3.39. The summed E-state index contributed by atoms with van der Waals surface area (Å²) in [4.78, 5) is 22.4. The third-order valence-corrected chi connectivity index (χ3v) is 4.61. The molecular formula is C23H42O5. The van der Waals surface area contributed by atoms with Gasteiger partial charge >= 0.3 is 11.9 Å². The number of ether oxygens (including phenoxy) is 2. The van der Waals surface area contributed by atoms with E-state index in [2.05, 4.69) is 19.1 Å². The molecular weight excluding hydrogens is 356 g/mol. The monoisotopic (exact) mass is 398 g/mol. The van der Waals surface area contributed by atoms with Crippen LogP contribution in [0.2, 0.25) is 0 Å². The van der Waals surface area contributed by atoms with Gasteiger partial charge in [-0.15, -0.1) is 0 Å². The highest BCUT2D eigenvalue weighted by atomic mass is 16.6. The molecule has 0 aromatic carbocycles. The van der Waals surface area contributed by atoms with Gasteiger partial charge < -0.3 is 14.6 Å². The maximum atomic E-state index is 11.6. The molecule has 0 aliphatic carbocycles. The first-order chi connectivity index (χ1) is 13.6. The number of hydrogen-bond acceptors (Lipinski definition) is 5. The molecule has 1 N–H and O–H groups in total. The summed E-state index contributed by atoms with van der Waals surface area (Å²) < 4.78 is 9.84. The Hall–Kier alpha value is -1.36. The number of carbonyl (C=O) groups excluding carboxylic acids is 2. The van der Waals surface area contributed by atoms with Crippen molar-refractivity contribution < 1.29 is 24.2 Å². The van der Waals surface area contributed by atoms with Crippen LogP contribution < -0.4 is 0 Å². The quantitative estimate of drug-likeness (QED) is 0.177. The summed E-state index contributed by atoms with van der Waals surface area (Å²) in [5, 5.41) is 9.03. The largest absolute Gasteiger partial charge is 0.462 e. The summed E-state index contributed by atoms with van der Waals surface area (Å²) in [6.45, 7) is 3.08. The van der Waals surface area contributed by atoms with Crippen LogP contribution in [0.15, 0.2) is 12.2 Å². The maximum Gasteiger partial charge on any atom is 0.305 e. The van der Waals surface area contributed by atoms with E-state index in [1.165, 1.54) is 64.7 Å². The molecule has 0 aromatic heterocycles. The first-order valence-electron chi connectivity index (χ1n) is 11.2. The third kappa shape index (κ3) is 19.4. The SMILES string of the molecule is CCCCCCCC/C=C\CCCCCCCC(=O)OC[C@@H](CO)OC(C)=O. The molecule has 0 heterocycles. The first kappa shape index (κ1) is 26.6. The summed E-state index contributed by atoms with van der Waals surface area (Å²) >= 11 is 0. The second-order valence-corrected chi connectivity index (χ2v) is 7.43. The molecule has 28 heavy (non-hydrogen) atoms. The fraction of sp³-hybridized carbons (Fsp3) is 0.826. The number of aliphatic hydroxyl groups excluding tert-OH is 1. The molecule has 0 saturated carbocycles. The summed E-state index contributed by atoms with van der Waals surface area (Å²) in [6, 6.07) is 0. The minimum atomic E-state index is -0.768. The Morgan fingerprint density at radius 3 is 1.93 bits per heavy atom. The maximum absolute atomic E-state index is 11.6. The molecule has 0 bridgehead atoms. The predicted octanol–water partition coefficient (Wildman–Crippen LogP) is 5.49. The first-order valence-corrected chi connectivity index (χ1v) is 11.2. The topological polar surface area (TPSA) is 72.8 Å². The molecule has 1 atom stereocenters. The Bertz CT molecular complexity index is 406. The van der Waals surface area contributed by atoms with Crippen molar-refractivity contribution in [2.45, 2.75) is 110 Å². The number of carbonyl (C=O) groups is 2. The summed E-state index contributed by atoms with van der Waals surface area (Å²) in [6.07, 6.45) is 20.1. The highest BCUT2D eigenvalue weighted by Crippen LogP contribution is 2.10. The van der Waals surface area contributed by atoms with Crippen molar-refractivity contribution in [3.63, 3.8) is 0 Å². The van der Waals surface area contributed by atoms with Crippen LogP contribution in [0.3, 0.4) is 0 Å². The Morgan fingerprint density at radius 2 is 1.39 bits per heavy atom. The Labute approximate surface area is 171 Å². The van der Waals surface area contributed by atoms with Gasteiger partial charge in [0.25, 0.3) is 0 Å². The van der Waals surface area contributed by atoms with Crippen LogP contribution in [0.5, 0.6) is 0 Å². The molecule has 0 aliphatic heterocycles. The lowest BCUT2D eigenvalue weighted by Gasteiger charge is -2.14. The van der Waals surface area contributed by atoms with Gasteiger partial charge in [0.1, 0.15) is 6.61 Å². The normalized spacial score (nSPS) is 12.2. The van der Waals surface area contributed by atoms with Crippen LogP contribution in [0.1, 0.15) is 104 Å². The number of aliphatic hydroxyl groups is 1. The molecule has 0 spiro atoms. The lowest BCUT2D eigenvalue weighted by molar-refractivity contribution is -0.159. The lowest BCUT2D eigenvalue weighted by Crippen LogP contribution is -2.27. The number of allylic oxidation sites excluding steroid dienone is 2. The van der Waals surface area contributed by atoms with Gasteiger partial charge in [-0.1, -0.05) is 70.4 Å². The number of esters is 2. The van der Waals surface area contributed by atoms with E-state index in [9.17, 15) is 9.59 Å². The van der Waals surface area contributed by atoms with Crippen molar-refractivity contribution >= 4 is 11.9 Å². The van der Waals surface area contributed by atoms with Gasteiger partial charge in [-0.3, -0.25) is 9.59 Å². The van der Waals surface area contributed by atoms with Crippen LogP contribution in [-0.4, -0.2) is 36.4 Å². The lowest BCUT2D eigenvalue weighted by atomic mass is 10.1. The van der Waals surface area contributed by atoms with Gasteiger partial charge in [0, 0.05) is 13.3 Å². The minimum absolute atomic E-state index is 0.0833. The van der Waals surface area contributed by atoms with Gasteiger partial charge in [-0.2, -0.15) is 0 Å². The average Bonchev–Trinajstić information content (AvgIpc) is 2.67. The van der Waals surface area contributed by atoms with Crippen molar-refractivity contribution in [1.82, 2.24) is 0 Å². The smallest absolute Gasteiger partial charge is 0.305 e. The zero-order chi connectivity index (χ0) is 20.9. The summed E-state index contributed by atoms with van der Waals surface area (Å²) in [5.41, 5.74) is 0. The van der Waals surface area contributed by atoms with E-state index in [4.69, 9.17) is 14.6 Å². The van der Waals surface area contributed by atoms with Crippen molar-refractivity contribution in [2.75, 3.05) is 13.2 Å². The van der Waals surface area contributed by atoms with Gasteiger partial charge in [-0.05, 0) is 32.1 Å². The third-order valence-electron chi connectivity index (χ3n) is 4.61. The van der Waals surface area contributed by atoms with Gasteiger partial charge in [0.05, 0.1) is 6.61 Å². The van der Waals surface area contributed by atoms with Crippen LogP contribution in [0.4, 0.5) is 0 Å². The Kier molecular flexibility index (Phi) is 19.4. The zero-order valence-corrected chi connectivity index (χ0v) is 18.1. The molecule has 0 radical (unpaired) electrons. The van der Waals surface area contributed by atoms with Crippen molar-refractivity contribution in [2.24, 2.45) is 0 Å². The van der Waals surface area contributed by atoms with Crippen molar-refractivity contribution in [3.05, 3.63) is 12.2 Å². The Morgan fingerprint density at radius 1 is 0.857 bits per heavy atom. The van der Waals surface area contributed by atoms with Crippen molar-refractivity contribution in [1.29, 1.82) is 0 Å². The highest BCUT2D eigenvalue weighted by molar-refractivity contribution is 5.69. The molecule has 5 nitrogen and oxygen atoms in total. The van der Waals surface area contributed by atoms with E-state index in [1.807, 2.05) is 0 Å². The standard InChI is InChI=1S/C23H42O5/c1-3-4-5-6-7-8-9-10-11-12-13-14-15-16-17-18-23(26)27-20-22(19-24)28-21(2)25/h10-11,22,24H,3-9,12-20H2,1-2H3/b11-10-/t22-/m1/s1. The second kappa shape index (κ2) is 20.4. The van der Waals surface area contributed by atoms with E-state index in [0.717, 1.165) is 25.7 Å². The molecule has 0 fully saturated rings. The van der Waals surface area contributed by atoms with Gasteiger partial charge in [0.2, 0.25) is 0 Å². The zero-order valence-electron chi connectivity index (χ0n) is 18.1. The molecule has 164 valence electrons. The van der Waals surface area contributed by atoms with Crippen LogP contribution in [0.25, 0.3) is 0 Å². The molecule has 0 aliphatic rings. The molecule has 0 rings (SSSR count). The minimum Gasteiger partial charge on any atom is -0.462 e. The van der Waals surface area contributed by atoms with E-state index in [1.54, 1.807) is 0 Å². The highest BCUT2D eigenvalue weighted by Gasteiger charge is 2.13. The number of hydrogen-bond donors (Lipinski definition) is 1. The van der Waals surface area contributed by atoms with Gasteiger partial charge in [-0.25, -0.2) is 0 Å². The van der Waals surface area contributed by atoms with Crippen LogP contribution >= 0.6 is 0 Å². The van der Waals surface area contributed by atoms with Crippen LogP contribution in [-0.2, 0) is 19.1 Å². The van der Waals surface area contributed by atoms with Crippen LogP contribution in [0, 0.1) is 0 Å².